The van der Waals surface area contributed by atoms with E-state index in [-0.39, 0.29) is 0 Å². The van der Waals surface area contributed by atoms with Crippen LogP contribution in [0.4, 0.5) is 0 Å². The van der Waals surface area contributed by atoms with Crippen LogP contribution in [-0.4, -0.2) is 30.7 Å². The van der Waals surface area contributed by atoms with Gasteiger partial charge in [-0.25, -0.2) is 13.2 Å². The summed E-state index contributed by atoms with van der Waals surface area (Å²) in [4.78, 5) is 15.3. The number of sulfone groups is 1. The molecule has 0 aliphatic rings. The molecule has 0 atom stereocenters. The van der Waals surface area contributed by atoms with E-state index in [2.05, 4.69) is 11.1 Å². The van der Waals surface area contributed by atoms with E-state index in [1.54, 1.807) is 26.1 Å². The normalized spacial score (nSPS) is 12.3. The van der Waals surface area contributed by atoms with Crippen LogP contribution in [0.25, 0.3) is 39.2 Å². The minimum Gasteiger partial charge on any atom is -0.478 e. The molecule has 0 aliphatic heterocycles. The monoisotopic (exact) mass is 471 g/mol. The van der Waals surface area contributed by atoms with Crippen LogP contribution in [0, 0.1) is 0 Å². The van der Waals surface area contributed by atoms with Crippen molar-refractivity contribution in [2.24, 2.45) is 0 Å². The predicted octanol–water partition coefficient (Wildman–Crippen LogP) is 5.95. The molecule has 3 aromatic carbocycles. The minimum absolute atomic E-state index is 0.713. The number of aromatic nitrogens is 1. The molecule has 172 valence electrons. The van der Waals surface area contributed by atoms with Gasteiger partial charge >= 0.3 is 5.97 Å². The number of rotatable bonds is 6. The number of aliphatic carboxylic acids is 1. The second kappa shape index (κ2) is 8.88. The lowest BCUT2D eigenvalue weighted by Gasteiger charge is -2.24. The number of fused-ring (bicyclic) bond motifs is 1. The van der Waals surface area contributed by atoms with Crippen molar-refractivity contribution in [3.05, 3.63) is 96.2 Å². The molecule has 1 heterocycles. The molecular formula is C28H25NO4S. The molecule has 0 saturated carbocycles. The van der Waals surface area contributed by atoms with Gasteiger partial charge < -0.3 is 5.11 Å². The molecule has 0 fully saturated rings. The smallest absolute Gasteiger partial charge is 0.328 e. The average Bonchev–Trinajstić information content (AvgIpc) is 2.81. The van der Waals surface area contributed by atoms with Gasteiger partial charge in [0.05, 0.1) is 10.3 Å². The van der Waals surface area contributed by atoms with E-state index in [0.29, 0.717) is 5.56 Å². The highest BCUT2D eigenvalue weighted by atomic mass is 32.2. The predicted molar refractivity (Wildman–Crippen MR) is 137 cm³/mol. The zero-order chi connectivity index (χ0) is 24.5. The number of carboxylic acid groups (broad SMARTS) is 1. The molecule has 0 radical (unpaired) electrons. The molecule has 0 amide bonds. The Hall–Kier alpha value is -3.77. The van der Waals surface area contributed by atoms with Crippen LogP contribution < -0.4 is 0 Å². The Bertz CT molecular complexity index is 1520. The summed E-state index contributed by atoms with van der Waals surface area (Å²) < 4.78 is 24.0. The van der Waals surface area contributed by atoms with Crippen LogP contribution >= 0.6 is 0 Å². The molecule has 34 heavy (non-hydrogen) atoms. The van der Waals surface area contributed by atoms with Gasteiger partial charge in [0.15, 0.2) is 9.84 Å². The van der Waals surface area contributed by atoms with E-state index < -0.39 is 20.6 Å². The van der Waals surface area contributed by atoms with Crippen molar-refractivity contribution < 1.29 is 18.3 Å². The fourth-order valence-corrected chi connectivity index (χ4v) is 4.34. The molecule has 1 N–H and O–H groups in total. The van der Waals surface area contributed by atoms with Crippen LogP contribution in [0.5, 0.6) is 0 Å². The lowest BCUT2D eigenvalue weighted by Crippen LogP contribution is -2.28. The summed E-state index contributed by atoms with van der Waals surface area (Å²) in [6.45, 7) is 3.45. The van der Waals surface area contributed by atoms with Gasteiger partial charge in [-0.15, -0.1) is 0 Å². The average molecular weight is 472 g/mol. The molecule has 6 heteroatoms. The van der Waals surface area contributed by atoms with E-state index in [1.165, 1.54) is 6.26 Å². The van der Waals surface area contributed by atoms with Crippen molar-refractivity contribution in [1.82, 2.24) is 4.98 Å². The Balaban J connectivity index is 1.83. The Morgan fingerprint density at radius 1 is 0.912 bits per heavy atom. The number of hydrogen-bond donors (Lipinski definition) is 1. The third-order valence-corrected chi connectivity index (χ3v) is 8.25. The van der Waals surface area contributed by atoms with Gasteiger partial charge in [-0.3, -0.25) is 4.98 Å². The fraction of sp³-hybridized carbons (Fsp3) is 0.143. The standard InChI is InChI=1S/C28H25NO4S/c1-28(2,34(3,32)33)24-17-23-8-5-15-29-27(23)25(18-24)22-7-4-6-21(16-22)20-12-9-19(10-13-20)11-14-26(30)31/h4-18H,1-3H3,(H,30,31). The Kier molecular flexibility index (Phi) is 6.11. The molecule has 5 nitrogen and oxygen atoms in total. The first-order valence-electron chi connectivity index (χ1n) is 10.8. The van der Waals surface area contributed by atoms with E-state index in [9.17, 15) is 13.2 Å². The van der Waals surface area contributed by atoms with Crippen LogP contribution in [0.1, 0.15) is 25.0 Å². The number of pyridine rings is 1. The van der Waals surface area contributed by atoms with Gasteiger partial charge in [-0.05, 0) is 72.0 Å². The zero-order valence-electron chi connectivity index (χ0n) is 19.2. The Morgan fingerprint density at radius 3 is 2.29 bits per heavy atom. The number of benzene rings is 3. The Morgan fingerprint density at radius 2 is 1.62 bits per heavy atom. The van der Waals surface area contributed by atoms with Crippen molar-refractivity contribution in [2.45, 2.75) is 18.6 Å². The maximum absolute atomic E-state index is 12.5. The molecule has 4 rings (SSSR count). The number of carbonyl (C=O) groups is 1. The van der Waals surface area contributed by atoms with Crippen molar-refractivity contribution >= 4 is 32.8 Å². The van der Waals surface area contributed by atoms with E-state index in [4.69, 9.17) is 5.11 Å². The first kappa shape index (κ1) is 23.4. The summed E-state index contributed by atoms with van der Waals surface area (Å²) in [5.41, 5.74) is 6.10. The molecule has 0 unspecified atom stereocenters. The third kappa shape index (κ3) is 4.63. The maximum Gasteiger partial charge on any atom is 0.328 e. The quantitative estimate of drug-likeness (QED) is 0.352. The number of hydrogen-bond acceptors (Lipinski definition) is 4. The van der Waals surface area contributed by atoms with Crippen molar-refractivity contribution in [1.29, 1.82) is 0 Å². The SMILES string of the molecule is CC(C)(c1cc(-c2cccc(-c3ccc(C=CC(=O)O)cc3)c2)c2ncccc2c1)S(C)(=O)=O. The number of nitrogens with zero attached hydrogens (tertiary/aromatic N) is 1. The van der Waals surface area contributed by atoms with Gasteiger partial charge in [0.1, 0.15) is 0 Å². The molecular weight excluding hydrogens is 446 g/mol. The molecule has 0 spiro atoms. The van der Waals surface area contributed by atoms with Crippen LogP contribution in [0.15, 0.2) is 85.1 Å². The van der Waals surface area contributed by atoms with E-state index in [1.807, 2.05) is 66.7 Å². The fourth-order valence-electron chi connectivity index (χ4n) is 3.79. The lowest BCUT2D eigenvalue weighted by molar-refractivity contribution is -0.131. The molecule has 0 saturated heterocycles. The minimum atomic E-state index is -3.35. The van der Waals surface area contributed by atoms with Crippen molar-refractivity contribution in [2.75, 3.05) is 6.26 Å². The van der Waals surface area contributed by atoms with E-state index in [0.717, 1.165) is 44.8 Å². The van der Waals surface area contributed by atoms with Gasteiger partial charge in [0, 0.05) is 29.5 Å². The third-order valence-electron chi connectivity index (χ3n) is 6.16. The van der Waals surface area contributed by atoms with Crippen molar-refractivity contribution in [3.8, 4) is 22.3 Å². The van der Waals surface area contributed by atoms with Gasteiger partial charge in [0.2, 0.25) is 0 Å². The molecule has 0 bridgehead atoms. The summed E-state index contributed by atoms with van der Waals surface area (Å²) in [6, 6.07) is 23.3. The van der Waals surface area contributed by atoms with Gasteiger partial charge in [-0.2, -0.15) is 0 Å². The van der Waals surface area contributed by atoms with Crippen LogP contribution in [0.3, 0.4) is 0 Å². The lowest BCUT2D eigenvalue weighted by atomic mass is 9.92. The highest BCUT2D eigenvalue weighted by Crippen LogP contribution is 2.37. The summed E-state index contributed by atoms with van der Waals surface area (Å²) in [7, 11) is -3.35. The summed E-state index contributed by atoms with van der Waals surface area (Å²) >= 11 is 0. The maximum atomic E-state index is 12.5. The second-order valence-corrected chi connectivity index (χ2v) is 11.3. The van der Waals surface area contributed by atoms with Gasteiger partial charge in [-0.1, -0.05) is 48.5 Å². The Labute approximate surface area is 199 Å². The van der Waals surface area contributed by atoms with Crippen LogP contribution in [0.2, 0.25) is 0 Å². The summed E-state index contributed by atoms with van der Waals surface area (Å²) in [5, 5.41) is 9.69. The summed E-state index contributed by atoms with van der Waals surface area (Å²) in [6.07, 6.45) is 5.66. The first-order valence-corrected chi connectivity index (χ1v) is 12.7. The molecule has 1 aromatic heterocycles. The molecule has 4 aromatic rings. The zero-order valence-corrected chi connectivity index (χ0v) is 20.0. The van der Waals surface area contributed by atoms with Crippen LogP contribution in [-0.2, 0) is 19.4 Å². The van der Waals surface area contributed by atoms with Gasteiger partial charge in [0.25, 0.3) is 0 Å². The molecule has 0 aliphatic carbocycles. The second-order valence-electron chi connectivity index (χ2n) is 8.76. The number of carboxylic acids is 1. The highest BCUT2D eigenvalue weighted by Gasteiger charge is 2.33. The first-order chi connectivity index (χ1) is 16.1. The topological polar surface area (TPSA) is 84.3 Å². The van der Waals surface area contributed by atoms with Crippen molar-refractivity contribution in [3.63, 3.8) is 0 Å². The highest BCUT2D eigenvalue weighted by molar-refractivity contribution is 7.91. The van der Waals surface area contributed by atoms with E-state index >= 15 is 0 Å². The summed E-state index contributed by atoms with van der Waals surface area (Å²) in [5.74, 6) is -0.987. The largest absolute Gasteiger partial charge is 0.478 e.